The molecular weight excluding hydrogens is 448 g/mol. The average Bonchev–Trinajstić information content (AvgIpc) is 3.20. The highest BCUT2D eigenvalue weighted by Crippen LogP contribution is 2.30. The van der Waals surface area contributed by atoms with Crippen LogP contribution in [0.1, 0.15) is 41.0 Å². The highest BCUT2D eigenvalue weighted by molar-refractivity contribution is 7.96. The number of amides is 2. The second kappa shape index (κ2) is 10.2. The van der Waals surface area contributed by atoms with Gasteiger partial charge in [-0.1, -0.05) is 24.9 Å². The monoisotopic (exact) mass is 480 g/mol. The van der Waals surface area contributed by atoms with Crippen LogP contribution in [0.5, 0.6) is 0 Å². The molecular formula is C26H32N4O3S. The zero-order valence-electron chi connectivity index (χ0n) is 20.5. The van der Waals surface area contributed by atoms with Gasteiger partial charge < -0.3 is 14.0 Å². The summed E-state index contributed by atoms with van der Waals surface area (Å²) >= 11 is 1.39. The van der Waals surface area contributed by atoms with E-state index in [9.17, 15) is 9.59 Å². The molecule has 4 rings (SSSR count). The maximum Gasteiger partial charge on any atom is 0.263 e. The summed E-state index contributed by atoms with van der Waals surface area (Å²) in [5, 5.41) is 0. The van der Waals surface area contributed by atoms with Gasteiger partial charge in [-0.25, -0.2) is 4.98 Å². The van der Waals surface area contributed by atoms with Gasteiger partial charge in [0, 0.05) is 57.1 Å². The number of pyridine rings is 1. The molecule has 1 aromatic carbocycles. The summed E-state index contributed by atoms with van der Waals surface area (Å²) in [4.78, 5) is 31.5. The van der Waals surface area contributed by atoms with Crippen LogP contribution in [0, 0.1) is 6.92 Å². The molecule has 1 aliphatic heterocycles. The number of aryl methyl sites for hydroxylation is 2. The topological polar surface area (TPSA) is 67.2 Å². The minimum atomic E-state index is -0.0986. The van der Waals surface area contributed by atoms with Crippen molar-refractivity contribution in [1.29, 1.82) is 0 Å². The van der Waals surface area contributed by atoms with E-state index in [1.165, 1.54) is 17.5 Å². The van der Waals surface area contributed by atoms with Crippen LogP contribution < -0.4 is 0 Å². The van der Waals surface area contributed by atoms with Crippen molar-refractivity contribution < 1.29 is 14.3 Å². The molecule has 0 saturated carbocycles. The van der Waals surface area contributed by atoms with E-state index in [0.717, 1.165) is 34.6 Å². The van der Waals surface area contributed by atoms with Gasteiger partial charge in [0.2, 0.25) is 5.91 Å². The van der Waals surface area contributed by atoms with Crippen LogP contribution in [-0.2, 0) is 22.4 Å². The molecule has 1 aliphatic rings. The number of nitrogens with zero attached hydrogens (tertiary/aromatic N) is 4. The van der Waals surface area contributed by atoms with Gasteiger partial charge in [0.05, 0.1) is 24.1 Å². The van der Waals surface area contributed by atoms with E-state index in [-0.39, 0.29) is 17.9 Å². The smallest absolute Gasteiger partial charge is 0.263 e. The van der Waals surface area contributed by atoms with Crippen LogP contribution in [0.2, 0.25) is 0 Å². The number of carbonyl (C=O) groups is 2. The molecule has 1 saturated heterocycles. The fourth-order valence-corrected chi connectivity index (χ4v) is 4.71. The molecule has 34 heavy (non-hydrogen) atoms. The Labute approximate surface area is 205 Å². The first-order valence-corrected chi connectivity index (χ1v) is 12.8. The first kappa shape index (κ1) is 24.3. The number of carbonyl (C=O) groups excluding carboxylic acids is 2. The first-order chi connectivity index (χ1) is 16.3. The van der Waals surface area contributed by atoms with Crippen LogP contribution >= 0.6 is 11.9 Å². The molecule has 0 aliphatic carbocycles. The SMILES string of the molecule is CCc1ccn2c(C[C@H]3CN(C(C)=O)CCO3)c(-c3ccc(C(=O)N(C)SC)cc3C)nc2c1. The Morgan fingerprint density at radius 2 is 2.06 bits per heavy atom. The minimum Gasteiger partial charge on any atom is -0.374 e. The zero-order valence-corrected chi connectivity index (χ0v) is 21.3. The lowest BCUT2D eigenvalue weighted by atomic mass is 9.99. The maximum atomic E-state index is 12.6. The van der Waals surface area contributed by atoms with Crippen molar-refractivity contribution in [3.63, 3.8) is 0 Å². The maximum absolute atomic E-state index is 12.6. The van der Waals surface area contributed by atoms with Crippen molar-refractivity contribution in [1.82, 2.24) is 18.6 Å². The number of aromatic nitrogens is 2. The van der Waals surface area contributed by atoms with Crippen molar-refractivity contribution >= 4 is 29.4 Å². The molecule has 0 bridgehead atoms. The van der Waals surface area contributed by atoms with E-state index in [4.69, 9.17) is 9.72 Å². The zero-order chi connectivity index (χ0) is 24.4. The number of morpholine rings is 1. The van der Waals surface area contributed by atoms with Crippen molar-refractivity contribution in [3.05, 3.63) is 58.9 Å². The summed E-state index contributed by atoms with van der Waals surface area (Å²) in [6, 6.07) is 10.0. The van der Waals surface area contributed by atoms with Gasteiger partial charge in [-0.3, -0.25) is 13.9 Å². The molecule has 8 heteroatoms. The second-order valence-electron chi connectivity index (χ2n) is 8.70. The quantitative estimate of drug-likeness (QED) is 0.499. The standard InChI is InChI=1S/C26H32N4O3S/c1-6-19-9-10-30-23(15-21-16-29(18(3)31)11-12-33-21)25(27-24(30)14-19)22-8-7-20(13-17(22)2)26(32)28(4)34-5/h7-10,13-14,21H,6,11-12,15-16H2,1-5H3/t21-/m0/s1. The highest BCUT2D eigenvalue weighted by Gasteiger charge is 2.26. The van der Waals surface area contributed by atoms with Crippen molar-refractivity contribution in [2.24, 2.45) is 0 Å². The summed E-state index contributed by atoms with van der Waals surface area (Å²) in [6.07, 6.45) is 5.44. The van der Waals surface area contributed by atoms with Crippen LogP contribution in [0.15, 0.2) is 36.5 Å². The van der Waals surface area contributed by atoms with E-state index in [2.05, 4.69) is 29.7 Å². The van der Waals surface area contributed by atoms with E-state index in [1.807, 2.05) is 36.3 Å². The number of benzene rings is 1. The Balaban J connectivity index is 1.76. The van der Waals surface area contributed by atoms with E-state index in [1.54, 1.807) is 18.3 Å². The predicted octanol–water partition coefficient (Wildman–Crippen LogP) is 4.01. The third kappa shape index (κ3) is 4.83. The molecule has 2 amide bonds. The van der Waals surface area contributed by atoms with E-state index < -0.39 is 0 Å². The van der Waals surface area contributed by atoms with Gasteiger partial charge in [0.15, 0.2) is 0 Å². The third-order valence-corrected chi connectivity index (χ3v) is 7.20. The second-order valence-corrected chi connectivity index (χ2v) is 9.61. The van der Waals surface area contributed by atoms with E-state index >= 15 is 0 Å². The van der Waals surface area contributed by atoms with Crippen LogP contribution in [0.3, 0.4) is 0 Å². The molecule has 2 aromatic heterocycles. The molecule has 7 nitrogen and oxygen atoms in total. The van der Waals surface area contributed by atoms with Gasteiger partial charge in [0.25, 0.3) is 5.91 Å². The molecule has 3 heterocycles. The molecule has 0 radical (unpaired) electrons. The Hall–Kier alpha value is -2.84. The lowest BCUT2D eigenvalue weighted by Gasteiger charge is -2.32. The van der Waals surface area contributed by atoms with Gasteiger partial charge in [-0.15, -0.1) is 0 Å². The molecule has 1 atom stereocenters. The minimum absolute atomic E-state index is 0.0232. The molecule has 0 N–H and O–H groups in total. The molecule has 0 spiro atoms. The van der Waals surface area contributed by atoms with E-state index in [0.29, 0.717) is 31.7 Å². The number of hydrogen-bond donors (Lipinski definition) is 0. The lowest BCUT2D eigenvalue weighted by molar-refractivity contribution is -0.136. The number of ether oxygens (including phenoxy) is 1. The average molecular weight is 481 g/mol. The van der Waals surface area contributed by atoms with Crippen LogP contribution in [0.25, 0.3) is 16.9 Å². The molecule has 0 unspecified atom stereocenters. The molecule has 1 fully saturated rings. The summed E-state index contributed by atoms with van der Waals surface area (Å²) in [5.74, 6) is 0.0513. The van der Waals surface area contributed by atoms with Gasteiger partial charge >= 0.3 is 0 Å². The van der Waals surface area contributed by atoms with Gasteiger partial charge in [-0.2, -0.15) is 0 Å². The van der Waals surface area contributed by atoms with Crippen molar-refractivity contribution in [2.75, 3.05) is 33.0 Å². The Morgan fingerprint density at radius 3 is 2.74 bits per heavy atom. The van der Waals surface area contributed by atoms with Gasteiger partial charge in [-0.05, 0) is 48.7 Å². The Morgan fingerprint density at radius 1 is 1.26 bits per heavy atom. The van der Waals surface area contributed by atoms with Crippen LogP contribution in [0.4, 0.5) is 0 Å². The Bertz CT molecular complexity index is 1220. The van der Waals surface area contributed by atoms with Crippen molar-refractivity contribution in [3.8, 4) is 11.3 Å². The van der Waals surface area contributed by atoms with Gasteiger partial charge in [0.1, 0.15) is 5.65 Å². The summed E-state index contributed by atoms with van der Waals surface area (Å²) in [7, 11) is 1.77. The van der Waals surface area contributed by atoms with Crippen LogP contribution in [-0.4, -0.2) is 69.5 Å². The number of imidazole rings is 1. The number of fused-ring (bicyclic) bond motifs is 1. The fraction of sp³-hybridized carbons (Fsp3) is 0.423. The summed E-state index contributed by atoms with van der Waals surface area (Å²) in [5.41, 5.74) is 6.72. The fourth-order valence-electron chi connectivity index (χ4n) is 4.44. The normalized spacial score (nSPS) is 16.1. The van der Waals surface area contributed by atoms with Crippen molar-refractivity contribution in [2.45, 2.75) is 39.7 Å². The number of rotatable bonds is 6. The first-order valence-electron chi connectivity index (χ1n) is 11.6. The summed E-state index contributed by atoms with van der Waals surface area (Å²) in [6.45, 7) is 7.50. The Kier molecular flexibility index (Phi) is 7.28. The largest absolute Gasteiger partial charge is 0.374 e. The molecule has 3 aromatic rings. The summed E-state index contributed by atoms with van der Waals surface area (Å²) < 4.78 is 9.80. The lowest BCUT2D eigenvalue weighted by Crippen LogP contribution is -2.45. The molecule has 180 valence electrons. The highest BCUT2D eigenvalue weighted by atomic mass is 32.2. The number of hydrogen-bond acceptors (Lipinski definition) is 5. The predicted molar refractivity (Wildman–Crippen MR) is 136 cm³/mol. The third-order valence-electron chi connectivity index (χ3n) is 6.49.